The lowest BCUT2D eigenvalue weighted by molar-refractivity contribution is -0.206. The second-order valence-electron chi connectivity index (χ2n) is 10.4. The molecule has 1 aromatic carbocycles. The van der Waals surface area contributed by atoms with E-state index in [2.05, 4.69) is 15.0 Å². The van der Waals surface area contributed by atoms with Gasteiger partial charge in [0.05, 0.1) is 17.0 Å². The third-order valence-corrected chi connectivity index (χ3v) is 7.59. The highest BCUT2D eigenvalue weighted by Crippen LogP contribution is 2.47. The molecule has 1 fully saturated rings. The van der Waals surface area contributed by atoms with Crippen molar-refractivity contribution in [3.8, 4) is 0 Å². The molecule has 8 nitrogen and oxygen atoms in total. The number of nitrogens with two attached hydrogens (primary N) is 1. The lowest BCUT2D eigenvalue weighted by Crippen LogP contribution is -2.48. The molecule has 2 unspecified atom stereocenters. The van der Waals surface area contributed by atoms with Gasteiger partial charge in [0.2, 0.25) is 0 Å². The van der Waals surface area contributed by atoms with E-state index in [1.807, 2.05) is 18.2 Å². The number of ether oxygens (including phenoxy) is 1. The van der Waals surface area contributed by atoms with Crippen LogP contribution in [-0.4, -0.2) is 43.0 Å². The van der Waals surface area contributed by atoms with Gasteiger partial charge in [0.15, 0.2) is 6.29 Å². The third kappa shape index (κ3) is 6.06. The second-order valence-corrected chi connectivity index (χ2v) is 10.8. The topological polar surface area (TPSA) is 134 Å². The molecular formula is C27H35ClN4O4. The molecule has 2 atom stereocenters. The summed E-state index contributed by atoms with van der Waals surface area (Å²) in [7, 11) is 0. The quantitative estimate of drug-likeness (QED) is 0.292. The monoisotopic (exact) mass is 514 g/mol. The number of hydrogen-bond donors (Lipinski definition) is 4. The Hall–Kier alpha value is -2.52. The summed E-state index contributed by atoms with van der Waals surface area (Å²) in [5.41, 5.74) is 6.35. The molecule has 0 radical (unpaired) electrons. The highest BCUT2D eigenvalue weighted by molar-refractivity contribution is 6.31. The van der Waals surface area contributed by atoms with E-state index < -0.39 is 17.5 Å². The van der Waals surface area contributed by atoms with Gasteiger partial charge in [0.25, 0.3) is 5.95 Å². The van der Waals surface area contributed by atoms with E-state index in [1.54, 1.807) is 32.3 Å². The number of nitrogens with zero attached hydrogens (tertiary/aromatic N) is 3. The Balaban J connectivity index is 1.54. The van der Waals surface area contributed by atoms with Crippen LogP contribution in [0.25, 0.3) is 0 Å². The van der Waals surface area contributed by atoms with Gasteiger partial charge in [0.1, 0.15) is 5.84 Å². The van der Waals surface area contributed by atoms with Crippen LogP contribution in [0.5, 0.6) is 0 Å². The molecule has 1 saturated carbocycles. The Kier molecular flexibility index (Phi) is 7.99. The van der Waals surface area contributed by atoms with Crippen LogP contribution in [0.1, 0.15) is 69.9 Å². The smallest absolute Gasteiger partial charge is 0.250 e. The number of aromatic nitrogens is 2. The minimum absolute atomic E-state index is 0.0556. The zero-order chi connectivity index (χ0) is 25.9. The van der Waals surface area contributed by atoms with Gasteiger partial charge in [-0.15, -0.1) is 0 Å². The number of aliphatic imine (C=N–C) groups is 1. The molecule has 0 bridgehead atoms. The fourth-order valence-electron chi connectivity index (χ4n) is 5.39. The molecule has 36 heavy (non-hydrogen) atoms. The Morgan fingerprint density at radius 1 is 1.25 bits per heavy atom. The maximum Gasteiger partial charge on any atom is 0.250 e. The largest absolute Gasteiger partial charge is 0.512 e. The van der Waals surface area contributed by atoms with Crippen LogP contribution < -0.4 is 5.73 Å². The molecule has 9 heteroatoms. The molecule has 2 aromatic rings. The van der Waals surface area contributed by atoms with Gasteiger partial charge in [0, 0.05) is 41.4 Å². The molecular weight excluding hydrogens is 480 g/mol. The molecule has 194 valence electrons. The summed E-state index contributed by atoms with van der Waals surface area (Å²) in [6.45, 7) is 3.41. The first kappa shape index (κ1) is 26.5. The third-order valence-electron chi connectivity index (χ3n) is 7.28. The fraction of sp³-hybridized carbons (Fsp3) is 0.519. The van der Waals surface area contributed by atoms with Crippen LogP contribution >= 0.6 is 11.6 Å². The van der Waals surface area contributed by atoms with Gasteiger partial charge in [-0.2, -0.15) is 4.99 Å². The van der Waals surface area contributed by atoms with Crippen molar-refractivity contribution >= 4 is 23.4 Å². The van der Waals surface area contributed by atoms with Crippen LogP contribution in [0.15, 0.2) is 53.0 Å². The molecule has 0 spiro atoms. The number of aliphatic hydroxyl groups is 3. The van der Waals surface area contributed by atoms with Gasteiger partial charge < -0.3 is 25.8 Å². The number of rotatable bonds is 8. The predicted octanol–water partition coefficient (Wildman–Crippen LogP) is 4.85. The summed E-state index contributed by atoms with van der Waals surface area (Å²) in [4.78, 5) is 12.2. The van der Waals surface area contributed by atoms with Crippen molar-refractivity contribution in [2.45, 2.75) is 82.7 Å². The average Bonchev–Trinajstić information content (AvgIpc) is 3.36. The van der Waals surface area contributed by atoms with E-state index in [9.17, 15) is 15.3 Å². The van der Waals surface area contributed by atoms with Crippen molar-refractivity contribution < 1.29 is 20.1 Å². The number of aryl methyl sites for hydroxylation is 1. The van der Waals surface area contributed by atoms with E-state index in [0.717, 1.165) is 31.2 Å². The molecule has 1 aliphatic carbocycles. The fourth-order valence-corrected chi connectivity index (χ4v) is 5.82. The van der Waals surface area contributed by atoms with Crippen LogP contribution in [-0.2, 0) is 16.8 Å². The molecule has 0 saturated heterocycles. The first-order chi connectivity index (χ1) is 17.1. The maximum atomic E-state index is 11.1. The summed E-state index contributed by atoms with van der Waals surface area (Å²) in [5, 5.41) is 32.9. The van der Waals surface area contributed by atoms with Gasteiger partial charge >= 0.3 is 0 Å². The zero-order valence-corrected chi connectivity index (χ0v) is 21.6. The summed E-state index contributed by atoms with van der Waals surface area (Å²) in [5.74, 6) is 0.727. The number of aliphatic hydroxyl groups excluding tert-OH is 2. The first-order valence-electron chi connectivity index (χ1n) is 12.5. The normalized spacial score (nSPS) is 23.9. The highest BCUT2D eigenvalue weighted by Gasteiger charge is 2.47. The summed E-state index contributed by atoms with van der Waals surface area (Å²) < 4.78 is 6.34. The summed E-state index contributed by atoms with van der Waals surface area (Å²) >= 11 is 6.46. The molecule has 0 amide bonds. The van der Waals surface area contributed by atoms with Crippen molar-refractivity contribution in [1.29, 1.82) is 0 Å². The maximum absolute atomic E-state index is 11.1. The number of hydrogen-bond acceptors (Lipinski definition) is 7. The molecule has 2 heterocycles. The molecule has 1 aromatic heterocycles. The van der Waals surface area contributed by atoms with Gasteiger partial charge in [-0.25, -0.2) is 9.97 Å². The molecule has 5 N–H and O–H groups in total. The lowest BCUT2D eigenvalue weighted by atomic mass is 9.76. The second kappa shape index (κ2) is 10.8. The Labute approximate surface area is 216 Å². The lowest BCUT2D eigenvalue weighted by Gasteiger charge is -2.44. The summed E-state index contributed by atoms with van der Waals surface area (Å²) in [6, 6.07) is 7.37. The van der Waals surface area contributed by atoms with Crippen LogP contribution in [0.4, 0.5) is 5.95 Å². The van der Waals surface area contributed by atoms with E-state index >= 15 is 0 Å². The number of benzene rings is 1. The Morgan fingerprint density at radius 2 is 1.94 bits per heavy atom. The number of halogens is 1. The molecule has 2 aliphatic rings. The van der Waals surface area contributed by atoms with E-state index in [-0.39, 0.29) is 29.9 Å². The van der Waals surface area contributed by atoms with Crippen molar-refractivity contribution in [3.63, 3.8) is 0 Å². The Morgan fingerprint density at radius 3 is 2.56 bits per heavy atom. The van der Waals surface area contributed by atoms with Gasteiger partial charge in [-0.05, 0) is 63.1 Å². The number of amidine groups is 1. The summed E-state index contributed by atoms with van der Waals surface area (Å²) in [6.07, 6.45) is 7.66. The van der Waals surface area contributed by atoms with E-state index in [1.165, 1.54) is 0 Å². The van der Waals surface area contributed by atoms with Crippen LogP contribution in [0.2, 0.25) is 5.02 Å². The highest BCUT2D eigenvalue weighted by atomic mass is 35.5. The van der Waals surface area contributed by atoms with Crippen LogP contribution in [0, 0.1) is 5.92 Å². The molecule has 1 aliphatic heterocycles. The van der Waals surface area contributed by atoms with Crippen molar-refractivity contribution in [2.24, 2.45) is 16.6 Å². The first-order valence-corrected chi connectivity index (χ1v) is 12.8. The van der Waals surface area contributed by atoms with E-state index in [0.29, 0.717) is 35.4 Å². The van der Waals surface area contributed by atoms with Crippen molar-refractivity contribution in [2.75, 3.05) is 0 Å². The average molecular weight is 515 g/mol. The zero-order valence-electron chi connectivity index (χ0n) is 20.8. The van der Waals surface area contributed by atoms with Crippen molar-refractivity contribution in [1.82, 2.24) is 9.97 Å². The Bertz CT molecular complexity index is 1130. The SMILES string of the molecule is CC(C)(O)c1ccc(CCC2(C3CCCC3)CC(O)=C(CC(N)=Nc3ncccn3)C(O)O2)cc1Cl. The van der Waals surface area contributed by atoms with Crippen molar-refractivity contribution in [3.05, 3.63) is 64.1 Å². The van der Waals surface area contributed by atoms with Gasteiger partial charge in [-0.3, -0.25) is 0 Å². The van der Waals surface area contributed by atoms with E-state index in [4.69, 9.17) is 22.1 Å². The molecule has 4 rings (SSSR count). The van der Waals surface area contributed by atoms with Crippen LogP contribution in [0.3, 0.4) is 0 Å². The predicted molar refractivity (Wildman–Crippen MR) is 139 cm³/mol. The minimum atomic E-state index is -1.29. The minimum Gasteiger partial charge on any atom is -0.512 e. The van der Waals surface area contributed by atoms with Gasteiger partial charge in [-0.1, -0.05) is 36.6 Å². The standard InChI is InChI=1S/C27H35ClN4O4/c1-26(2,35)20-9-8-17(14-21(20)28)10-11-27(18-6-3-4-7-18)16-22(33)19(24(34)36-27)15-23(29)32-25-30-12-5-13-31-25/h5,8-9,12-14,18,24,33-35H,3-4,6-7,10-11,15-16H2,1-2H3,(H2,29,30,31,32).